The molecule has 3 saturated carbocycles. The number of piperidine rings is 1. The second kappa shape index (κ2) is 42.6. The second-order valence-electron chi connectivity index (χ2n) is 35.1. The maximum absolute atomic E-state index is 12.2. The topological polar surface area (TPSA) is 413 Å². The van der Waals surface area contributed by atoms with Crippen LogP contribution in [0.1, 0.15) is 125 Å². The van der Waals surface area contributed by atoms with Gasteiger partial charge in [-0.25, -0.2) is 39.9 Å². The Bertz CT molecular complexity index is 7150. The smallest absolute Gasteiger partial charge is 0.269 e. The number of aromatic nitrogens is 16. The van der Waals surface area contributed by atoms with Crippen molar-refractivity contribution in [1.82, 2.24) is 105 Å². The van der Waals surface area contributed by atoms with E-state index >= 15 is 0 Å². The van der Waals surface area contributed by atoms with Crippen LogP contribution in [0.4, 0.5) is 46.5 Å². The van der Waals surface area contributed by atoms with Crippen LogP contribution in [-0.4, -0.2) is 217 Å². The quantitative estimate of drug-likeness (QED) is 0.0240. The van der Waals surface area contributed by atoms with Crippen LogP contribution in [0.3, 0.4) is 0 Å². The van der Waals surface area contributed by atoms with Gasteiger partial charge in [0.15, 0.2) is 11.9 Å². The van der Waals surface area contributed by atoms with E-state index in [9.17, 15) is 24.0 Å². The zero-order valence-corrected chi connectivity index (χ0v) is 77.9. The van der Waals surface area contributed by atoms with Gasteiger partial charge in [-0.1, -0.05) is 25.2 Å². The highest BCUT2D eigenvalue weighted by molar-refractivity contribution is 6.02. The largest absolute Gasteiger partial charge is 0.493 e. The Labute approximate surface area is 796 Å². The first-order chi connectivity index (χ1) is 66.9. The van der Waals surface area contributed by atoms with E-state index in [1.165, 1.54) is 29.7 Å². The standard InChI is InChI=1S/C27H28N6O2.C26H27N7O2.C26H28N6O2.C25H24N6O3/c1-17-4-5-18(12-17)16-35-21-8-10-28-24(15-21)23-9-11-29-27(32-23)30-20-6-7-22-19(13-20)14-25(31-22)26(34)33(2)3;1-16-4-6-20(15-29-16)35-19-8-10-27-23(14-19)22-9-11-28-26(32-22)30-18-5-7-21-17(12-18)13-24(31-21)25(34)33(2)3;1-32(2)25(33)24-15-17-14-18(8-9-21(17)30-24)29-26-28-13-11-22(31-26)23-16-20(10-12-27-23)34-19-6-4-3-5-7-19;1-31(2)24(33)21-13-15-12-16(6-7-18(15)29-21)28-25-27-11-9-19(30-25)20-14-17(8-10-26-20)34-23-5-3-4-22(23)32/h6-11,13-15,18,31H,1,4-5,12,16H2,2-3H3,(H,29,30,32);5,7-14,20,29,31H,1,4,6,15H2,2-3H3,(H,28,30,32);8-16,19,30H,3-7H2,1-2H3,(H,28,29,31);6-14,23,29H,3-5H2,1-2H3,(H,27,28,30)/t;20-;;23-/m.0.0/s1. The van der Waals surface area contributed by atoms with Crippen LogP contribution < -0.4 is 45.5 Å². The fourth-order valence-electron chi connectivity index (χ4n) is 16.4. The minimum Gasteiger partial charge on any atom is -0.493 e. The molecule has 702 valence electrons. The van der Waals surface area contributed by atoms with Crippen molar-refractivity contribution < 1.29 is 42.9 Å². The number of Topliss-reactive ketones (excluding diaryl/α,β-unsaturated/α-hetero) is 1. The highest BCUT2D eigenvalue weighted by atomic mass is 16.5. The number of fused-ring (bicyclic) bond motifs is 4. The fraction of sp³-hybridized carbons (Fsp3) is 0.260. The Morgan fingerprint density at radius 3 is 1.04 bits per heavy atom. The van der Waals surface area contributed by atoms with Gasteiger partial charge in [0.1, 0.15) is 51.9 Å². The van der Waals surface area contributed by atoms with Crippen molar-refractivity contribution >= 4 is 120 Å². The summed E-state index contributed by atoms with van der Waals surface area (Å²) < 4.78 is 24.2. The van der Waals surface area contributed by atoms with Gasteiger partial charge in [0, 0.05) is 209 Å². The third-order valence-corrected chi connectivity index (χ3v) is 23.7. The van der Waals surface area contributed by atoms with Gasteiger partial charge in [-0.2, -0.15) is 0 Å². The summed E-state index contributed by atoms with van der Waals surface area (Å²) in [7, 11) is 13.8. The molecule has 1 saturated heterocycles. The molecule has 4 fully saturated rings. The van der Waals surface area contributed by atoms with E-state index < -0.39 is 0 Å². The van der Waals surface area contributed by atoms with Crippen molar-refractivity contribution in [3.8, 4) is 68.5 Å². The lowest BCUT2D eigenvalue weighted by molar-refractivity contribution is -0.123. The molecule has 4 amide bonds. The van der Waals surface area contributed by atoms with Gasteiger partial charge in [-0.15, -0.1) is 0 Å². The third kappa shape index (κ3) is 23.7. The molecule has 138 heavy (non-hydrogen) atoms. The van der Waals surface area contributed by atoms with Crippen LogP contribution in [-0.2, 0) is 4.79 Å². The highest BCUT2D eigenvalue weighted by Gasteiger charge is 2.28. The highest BCUT2D eigenvalue weighted by Crippen LogP contribution is 2.36. The van der Waals surface area contributed by atoms with E-state index in [1.807, 2.05) is 152 Å². The number of H-pyrrole nitrogens is 4. The maximum Gasteiger partial charge on any atom is 0.269 e. The molecule has 0 bridgehead atoms. The number of rotatable bonds is 25. The summed E-state index contributed by atoms with van der Waals surface area (Å²) in [5.74, 6) is 5.12. The predicted octanol–water partition coefficient (Wildman–Crippen LogP) is 18.5. The Morgan fingerprint density at radius 1 is 0.355 bits per heavy atom. The predicted molar refractivity (Wildman–Crippen MR) is 533 cm³/mol. The van der Waals surface area contributed by atoms with Gasteiger partial charge in [-0.05, 0) is 222 Å². The first kappa shape index (κ1) is 93.0. The van der Waals surface area contributed by atoms with Gasteiger partial charge < -0.3 is 85.1 Å². The van der Waals surface area contributed by atoms with Gasteiger partial charge in [-0.3, -0.25) is 43.9 Å². The average molecular weight is 1850 g/mol. The molecule has 13 heterocycles. The van der Waals surface area contributed by atoms with Crippen LogP contribution in [0.25, 0.3) is 89.2 Å². The van der Waals surface area contributed by atoms with Crippen molar-refractivity contribution in [2.45, 2.75) is 102 Å². The Hall–Kier alpha value is -16.8. The molecule has 1 unspecified atom stereocenters. The first-order valence-corrected chi connectivity index (χ1v) is 45.8. The summed E-state index contributed by atoms with van der Waals surface area (Å²) in [5.41, 5.74) is 16.8. The summed E-state index contributed by atoms with van der Waals surface area (Å²) in [4.78, 5) is 133. The number of carbonyl (C=O) groups excluding carboxylic acids is 5. The zero-order chi connectivity index (χ0) is 95.9. The van der Waals surface area contributed by atoms with Crippen molar-refractivity contribution in [3.05, 3.63) is 267 Å². The number of pyridine rings is 4. The molecule has 9 N–H and O–H groups in total. The maximum atomic E-state index is 12.2. The summed E-state index contributed by atoms with van der Waals surface area (Å²) in [6.45, 7) is 9.47. The van der Waals surface area contributed by atoms with Crippen LogP contribution in [0.2, 0.25) is 0 Å². The molecule has 20 rings (SSSR count). The fourth-order valence-corrected chi connectivity index (χ4v) is 16.4. The molecule has 34 nitrogen and oxygen atoms in total. The number of nitrogens with one attached hydrogen (secondary N) is 9. The molecule has 1 aliphatic heterocycles. The number of aromatic amines is 4. The molecule has 4 aliphatic rings. The van der Waals surface area contributed by atoms with E-state index in [0.717, 1.165) is 165 Å². The summed E-state index contributed by atoms with van der Waals surface area (Å²) in [5, 5.41) is 19.9. The zero-order valence-electron chi connectivity index (χ0n) is 77.9. The number of ketones is 1. The van der Waals surface area contributed by atoms with Crippen molar-refractivity contribution in [2.24, 2.45) is 5.92 Å². The number of carbonyl (C=O) groups is 5. The van der Waals surface area contributed by atoms with E-state index in [2.05, 4.69) is 119 Å². The number of ether oxygens (including phenoxy) is 4. The number of anilines is 8. The monoisotopic (exact) mass is 1850 g/mol. The number of hydrogen-bond donors (Lipinski definition) is 9. The molecule has 3 atom stereocenters. The van der Waals surface area contributed by atoms with Crippen LogP contribution >= 0.6 is 0 Å². The van der Waals surface area contributed by atoms with Crippen molar-refractivity contribution in [3.63, 3.8) is 0 Å². The molecule has 4 aromatic carbocycles. The lowest BCUT2D eigenvalue weighted by atomic mass is 9.98. The van der Waals surface area contributed by atoms with Gasteiger partial charge in [0.2, 0.25) is 23.8 Å². The van der Waals surface area contributed by atoms with E-state index in [-0.39, 0.29) is 47.7 Å². The van der Waals surface area contributed by atoms with Gasteiger partial charge in [0.05, 0.1) is 64.8 Å². The molecule has 3 aliphatic carbocycles. The van der Waals surface area contributed by atoms with Crippen LogP contribution in [0.5, 0.6) is 23.0 Å². The normalized spacial score (nSPS) is 15.1. The Balaban J connectivity index is 0.000000127. The minimum absolute atomic E-state index is 0.0658. The average Bonchev–Trinajstić information content (AvgIpc) is 1.69. The first-order valence-electron chi connectivity index (χ1n) is 45.8. The summed E-state index contributed by atoms with van der Waals surface area (Å²) >= 11 is 0. The Kier molecular flexibility index (Phi) is 28.7. The van der Waals surface area contributed by atoms with Crippen LogP contribution in [0, 0.1) is 5.92 Å². The molecule has 12 aromatic heterocycles. The number of benzene rings is 4. The number of hydrogen-bond acceptors (Lipinski definition) is 26. The molecule has 16 aromatic rings. The number of amides is 4. The molecular weight excluding hydrogens is 1740 g/mol. The lowest BCUT2D eigenvalue weighted by Crippen LogP contribution is -2.35. The summed E-state index contributed by atoms with van der Waals surface area (Å²) in [6, 6.07) is 52.7. The van der Waals surface area contributed by atoms with E-state index in [1.54, 1.807) is 139 Å². The minimum atomic E-state index is -0.380. The molecule has 0 radical (unpaired) electrons. The Morgan fingerprint density at radius 2 is 0.703 bits per heavy atom. The summed E-state index contributed by atoms with van der Waals surface area (Å²) in [6.07, 6.45) is 26.9. The molecule has 34 heteroatoms. The molecular formula is C104H107N25O9. The number of nitrogens with zero attached hydrogens (tertiary/aromatic N) is 16. The SMILES string of the molecule is C=C1CCC(COc2ccnc(-c3ccnc(Nc4ccc5[nH]c(C(=O)N(C)C)cc5c4)n3)c2)C1.C=C1CC[C@H](Oc2ccnc(-c3ccnc(Nc4ccc5[nH]c(C(=O)N(C)C)cc5c4)n3)c2)CN1.CN(C)C(=O)c1cc2cc(Nc3nccc(-c4cc(OC5CCCCC5)ccn4)n3)ccc2[nH]1.CN(C)C(=O)c1cc2cc(Nc3nccc(-c4cc(O[C@H]5CCCC5=O)ccn4)n3)ccc2[nH]1. The van der Waals surface area contributed by atoms with Crippen molar-refractivity contribution in [2.75, 3.05) is 90.8 Å². The molecule has 0 spiro atoms. The van der Waals surface area contributed by atoms with Gasteiger partial charge in [0.25, 0.3) is 23.6 Å². The second-order valence-corrected chi connectivity index (χ2v) is 35.1. The lowest BCUT2D eigenvalue weighted by Gasteiger charge is -2.26. The van der Waals surface area contributed by atoms with Crippen molar-refractivity contribution in [1.29, 1.82) is 0 Å². The van der Waals surface area contributed by atoms with Crippen LogP contribution in [0.15, 0.2) is 244 Å². The van der Waals surface area contributed by atoms with E-state index in [0.29, 0.717) is 105 Å². The van der Waals surface area contributed by atoms with Gasteiger partial charge >= 0.3 is 0 Å². The number of allylic oxidation sites excluding steroid dienone is 2. The third-order valence-electron chi connectivity index (χ3n) is 23.7. The van der Waals surface area contributed by atoms with E-state index in [4.69, 9.17) is 18.9 Å².